The molecule has 10 heteroatoms. The summed E-state index contributed by atoms with van der Waals surface area (Å²) in [7, 11) is 1.45. The van der Waals surface area contributed by atoms with Gasteiger partial charge < -0.3 is 18.9 Å². The molecule has 1 aliphatic rings. The first kappa shape index (κ1) is 28.1. The molecule has 3 rings (SSSR count). The molecule has 0 radical (unpaired) electrons. The van der Waals surface area contributed by atoms with Gasteiger partial charge in [-0.25, -0.2) is 4.39 Å². The highest BCUT2D eigenvalue weighted by atomic mass is 19.1. The number of rotatable bonds is 11. The van der Waals surface area contributed by atoms with Crippen molar-refractivity contribution in [1.82, 2.24) is 4.90 Å². The Morgan fingerprint density at radius 1 is 1.08 bits per heavy atom. The molecule has 2 aromatic carbocycles. The molecule has 38 heavy (non-hydrogen) atoms. The fraction of sp³-hybridized carbons (Fsp3) is 0.286. The number of ether oxygens (including phenoxy) is 4. The first-order valence-electron chi connectivity index (χ1n) is 11.7. The summed E-state index contributed by atoms with van der Waals surface area (Å²) in [6.07, 6.45) is 1.55. The molecule has 9 nitrogen and oxygen atoms in total. The Kier molecular flexibility index (Phi) is 9.73. The highest BCUT2D eigenvalue weighted by Crippen LogP contribution is 2.32. The minimum Gasteiger partial charge on any atom is -0.493 e. The molecular weight excluding hydrogens is 495 g/mol. The lowest BCUT2D eigenvalue weighted by molar-refractivity contribution is -0.142. The van der Waals surface area contributed by atoms with Gasteiger partial charge in [0, 0.05) is 18.1 Å². The lowest BCUT2D eigenvalue weighted by Gasteiger charge is -2.27. The molecule has 0 unspecified atom stereocenters. The van der Waals surface area contributed by atoms with Gasteiger partial charge in [0.2, 0.25) is 0 Å². The number of benzene rings is 2. The van der Waals surface area contributed by atoms with Gasteiger partial charge in [-0.05, 0) is 42.3 Å². The van der Waals surface area contributed by atoms with Crippen LogP contribution in [0.5, 0.6) is 11.5 Å². The van der Waals surface area contributed by atoms with Crippen molar-refractivity contribution >= 4 is 23.9 Å². The first-order valence-corrected chi connectivity index (χ1v) is 11.7. The highest BCUT2D eigenvalue weighted by Gasteiger charge is 2.35. The first-order chi connectivity index (χ1) is 18.3. The number of halogens is 1. The summed E-state index contributed by atoms with van der Waals surface area (Å²) in [6.45, 7) is 2.88. The van der Waals surface area contributed by atoms with E-state index in [1.165, 1.54) is 27.0 Å². The molecule has 0 saturated heterocycles. The Labute approximate surface area is 219 Å². The minimum atomic E-state index is -0.704. The van der Waals surface area contributed by atoms with Crippen LogP contribution < -0.4 is 9.47 Å². The van der Waals surface area contributed by atoms with Gasteiger partial charge in [-0.2, -0.15) is 5.26 Å². The maximum Gasteiger partial charge on any atom is 0.302 e. The van der Waals surface area contributed by atoms with Crippen molar-refractivity contribution in [1.29, 1.82) is 5.26 Å². The normalized spacial score (nSPS) is 14.5. The number of esters is 1. The quantitative estimate of drug-likeness (QED) is 0.190. The van der Waals surface area contributed by atoms with Crippen molar-refractivity contribution < 1.29 is 37.7 Å². The minimum absolute atomic E-state index is 0.00461. The number of amides is 2. The molecular formula is C28H27FN2O7. The molecule has 2 aromatic rings. The average molecular weight is 523 g/mol. The predicted molar refractivity (Wildman–Crippen MR) is 134 cm³/mol. The van der Waals surface area contributed by atoms with Gasteiger partial charge in [0.25, 0.3) is 11.8 Å². The number of imide groups is 1. The standard InChI is InChI=1S/C28H27FN2O7/c1-18-22(27(33)31(28(34)23(18)16-30)10-11-36-12-13-37-19(2)32)14-20-8-9-25(26(15-20)35-3)38-17-21-6-4-5-7-24(21)29/h4-9,14-15H,10-13,17H2,1-3H3/b22-14+. The Morgan fingerprint density at radius 2 is 1.84 bits per heavy atom. The van der Waals surface area contributed by atoms with Crippen LogP contribution in [-0.2, 0) is 30.5 Å². The number of methoxy groups -OCH3 is 1. The van der Waals surface area contributed by atoms with E-state index in [9.17, 15) is 24.0 Å². The van der Waals surface area contributed by atoms with Crippen molar-refractivity contribution in [2.24, 2.45) is 0 Å². The summed E-state index contributed by atoms with van der Waals surface area (Å²) in [4.78, 5) is 37.7. The molecule has 1 aliphatic heterocycles. The lowest BCUT2D eigenvalue weighted by atomic mass is 9.93. The second-order valence-electron chi connectivity index (χ2n) is 8.17. The summed E-state index contributed by atoms with van der Waals surface area (Å²) >= 11 is 0. The summed E-state index contributed by atoms with van der Waals surface area (Å²) < 4.78 is 35.2. The van der Waals surface area contributed by atoms with Gasteiger partial charge in [-0.15, -0.1) is 0 Å². The van der Waals surface area contributed by atoms with Gasteiger partial charge in [0.05, 0.1) is 26.9 Å². The molecule has 198 valence electrons. The van der Waals surface area contributed by atoms with Crippen LogP contribution in [0.3, 0.4) is 0 Å². The molecule has 0 aromatic heterocycles. The molecule has 1 heterocycles. The second-order valence-corrected chi connectivity index (χ2v) is 8.17. The molecule has 2 amide bonds. The zero-order valence-corrected chi connectivity index (χ0v) is 21.3. The van der Waals surface area contributed by atoms with Crippen LogP contribution in [0.4, 0.5) is 4.39 Å². The molecule has 0 spiro atoms. The largest absolute Gasteiger partial charge is 0.493 e. The zero-order valence-electron chi connectivity index (χ0n) is 21.3. The zero-order chi connectivity index (χ0) is 27.7. The number of nitriles is 1. The average Bonchev–Trinajstić information content (AvgIpc) is 2.90. The fourth-order valence-corrected chi connectivity index (χ4v) is 3.67. The molecule has 0 aliphatic carbocycles. The Bertz CT molecular complexity index is 1330. The van der Waals surface area contributed by atoms with Crippen LogP contribution in [0, 0.1) is 17.1 Å². The van der Waals surface area contributed by atoms with Gasteiger partial charge in [-0.3, -0.25) is 19.3 Å². The number of hydrogen-bond acceptors (Lipinski definition) is 8. The number of carbonyl (C=O) groups excluding carboxylic acids is 3. The van der Waals surface area contributed by atoms with E-state index in [0.29, 0.717) is 22.6 Å². The van der Waals surface area contributed by atoms with Gasteiger partial charge in [-0.1, -0.05) is 24.3 Å². The van der Waals surface area contributed by atoms with E-state index >= 15 is 0 Å². The molecule has 0 saturated carbocycles. The van der Waals surface area contributed by atoms with Crippen LogP contribution in [-0.4, -0.2) is 56.2 Å². The Balaban J connectivity index is 1.79. The highest BCUT2D eigenvalue weighted by molar-refractivity contribution is 6.19. The number of hydrogen-bond donors (Lipinski definition) is 0. The van der Waals surface area contributed by atoms with Crippen molar-refractivity contribution in [2.45, 2.75) is 20.5 Å². The van der Waals surface area contributed by atoms with Gasteiger partial charge >= 0.3 is 5.97 Å². The lowest BCUT2D eigenvalue weighted by Crippen LogP contribution is -2.44. The Hall–Kier alpha value is -4.49. The molecule has 0 bridgehead atoms. The van der Waals surface area contributed by atoms with E-state index < -0.39 is 17.8 Å². The second kappa shape index (κ2) is 13.2. The van der Waals surface area contributed by atoms with Crippen LogP contribution in [0.15, 0.2) is 59.2 Å². The summed E-state index contributed by atoms with van der Waals surface area (Å²) in [5, 5.41) is 9.57. The van der Waals surface area contributed by atoms with Crippen molar-refractivity contribution in [2.75, 3.05) is 33.5 Å². The summed E-state index contributed by atoms with van der Waals surface area (Å²) in [5.41, 5.74) is 1.23. The molecule has 0 atom stereocenters. The van der Waals surface area contributed by atoms with Crippen molar-refractivity contribution in [3.8, 4) is 17.6 Å². The van der Waals surface area contributed by atoms with Crippen LogP contribution >= 0.6 is 0 Å². The van der Waals surface area contributed by atoms with Crippen LogP contribution in [0.2, 0.25) is 0 Å². The Morgan fingerprint density at radius 3 is 2.53 bits per heavy atom. The molecule has 0 fully saturated rings. The van der Waals surface area contributed by atoms with E-state index in [2.05, 4.69) is 0 Å². The van der Waals surface area contributed by atoms with Crippen molar-refractivity contribution in [3.05, 3.63) is 76.1 Å². The predicted octanol–water partition coefficient (Wildman–Crippen LogP) is 3.59. The maximum atomic E-state index is 13.9. The van der Waals surface area contributed by atoms with E-state index in [0.717, 1.165) is 4.90 Å². The topological polar surface area (TPSA) is 115 Å². The number of nitrogens with zero attached hydrogens (tertiary/aromatic N) is 2. The van der Waals surface area contributed by atoms with E-state index in [4.69, 9.17) is 18.9 Å². The van der Waals surface area contributed by atoms with Crippen molar-refractivity contribution in [3.63, 3.8) is 0 Å². The SMILES string of the molecule is COc1cc(/C=C2/C(=O)N(CCOCCOC(C)=O)C(=O)C(C#N)=C2C)ccc1OCc1ccccc1F. The third-order valence-electron chi connectivity index (χ3n) is 5.66. The van der Waals surface area contributed by atoms with E-state index in [1.807, 2.05) is 6.07 Å². The van der Waals surface area contributed by atoms with Gasteiger partial charge in [0.1, 0.15) is 30.7 Å². The van der Waals surface area contributed by atoms with Crippen LogP contribution in [0.25, 0.3) is 6.08 Å². The third-order valence-corrected chi connectivity index (χ3v) is 5.66. The number of carbonyl (C=O) groups is 3. The third kappa shape index (κ3) is 6.83. The van der Waals surface area contributed by atoms with E-state index in [-0.39, 0.29) is 55.5 Å². The summed E-state index contributed by atoms with van der Waals surface area (Å²) in [5.74, 6) is -1.37. The smallest absolute Gasteiger partial charge is 0.302 e. The van der Waals surface area contributed by atoms with Crippen LogP contribution in [0.1, 0.15) is 25.0 Å². The fourth-order valence-electron chi connectivity index (χ4n) is 3.67. The summed E-state index contributed by atoms with van der Waals surface area (Å²) in [6, 6.07) is 13.1. The maximum absolute atomic E-state index is 13.9. The van der Waals surface area contributed by atoms with Gasteiger partial charge in [0.15, 0.2) is 11.5 Å². The van der Waals surface area contributed by atoms with E-state index in [1.54, 1.807) is 42.5 Å². The molecule has 0 N–H and O–H groups in total. The monoisotopic (exact) mass is 522 g/mol.